The number of ether oxygens (including phenoxy) is 1. The first-order valence-corrected chi connectivity index (χ1v) is 7.08. The highest BCUT2D eigenvalue weighted by Crippen LogP contribution is 2.32. The first-order chi connectivity index (χ1) is 10.3. The smallest absolute Gasteiger partial charge is 0.364 e. The second-order valence-electron chi connectivity index (χ2n) is 5.41. The SMILES string of the molecule is CN(Cc1ccccc1C(F)(F)F)C(=O)[C@@H]1CC[C@H](CN)O1. The van der Waals surface area contributed by atoms with Gasteiger partial charge < -0.3 is 15.4 Å². The van der Waals surface area contributed by atoms with E-state index in [1.165, 1.54) is 30.1 Å². The molecular formula is C15H19F3N2O2. The molecule has 1 fully saturated rings. The highest BCUT2D eigenvalue weighted by Gasteiger charge is 2.35. The van der Waals surface area contributed by atoms with Gasteiger partial charge in [0.15, 0.2) is 0 Å². The minimum atomic E-state index is -4.44. The Labute approximate surface area is 127 Å². The van der Waals surface area contributed by atoms with Crippen molar-refractivity contribution in [1.29, 1.82) is 0 Å². The molecule has 0 bridgehead atoms. The maximum Gasteiger partial charge on any atom is 0.416 e. The van der Waals surface area contributed by atoms with Gasteiger partial charge in [0.2, 0.25) is 0 Å². The van der Waals surface area contributed by atoms with Crippen molar-refractivity contribution >= 4 is 5.91 Å². The Morgan fingerprint density at radius 1 is 1.36 bits per heavy atom. The van der Waals surface area contributed by atoms with E-state index in [9.17, 15) is 18.0 Å². The van der Waals surface area contributed by atoms with Gasteiger partial charge in [0, 0.05) is 20.1 Å². The van der Waals surface area contributed by atoms with Gasteiger partial charge in [0.25, 0.3) is 5.91 Å². The van der Waals surface area contributed by atoms with E-state index in [0.29, 0.717) is 19.4 Å². The average molecular weight is 316 g/mol. The molecule has 7 heteroatoms. The van der Waals surface area contributed by atoms with Crippen LogP contribution in [0.5, 0.6) is 0 Å². The lowest BCUT2D eigenvalue weighted by molar-refractivity contribution is -0.144. The number of nitrogens with zero attached hydrogens (tertiary/aromatic N) is 1. The molecule has 0 saturated carbocycles. The molecular weight excluding hydrogens is 297 g/mol. The first-order valence-electron chi connectivity index (χ1n) is 7.08. The van der Waals surface area contributed by atoms with Gasteiger partial charge in [-0.1, -0.05) is 18.2 Å². The Balaban J connectivity index is 2.06. The Morgan fingerprint density at radius 2 is 2.05 bits per heavy atom. The topological polar surface area (TPSA) is 55.6 Å². The van der Waals surface area contributed by atoms with Crippen LogP contribution in [0, 0.1) is 0 Å². The number of halogens is 3. The van der Waals surface area contributed by atoms with Crippen molar-refractivity contribution in [2.45, 2.75) is 37.8 Å². The molecule has 122 valence electrons. The largest absolute Gasteiger partial charge is 0.416 e. The van der Waals surface area contributed by atoms with Gasteiger partial charge >= 0.3 is 6.18 Å². The predicted octanol–water partition coefficient (Wildman–Crippen LogP) is 2.17. The number of rotatable bonds is 4. The van der Waals surface area contributed by atoms with Crippen LogP contribution in [0.1, 0.15) is 24.0 Å². The molecule has 2 N–H and O–H groups in total. The molecule has 22 heavy (non-hydrogen) atoms. The van der Waals surface area contributed by atoms with Crippen molar-refractivity contribution in [3.05, 3.63) is 35.4 Å². The zero-order valence-corrected chi connectivity index (χ0v) is 12.3. The maximum absolute atomic E-state index is 13.0. The fourth-order valence-corrected chi connectivity index (χ4v) is 2.57. The summed E-state index contributed by atoms with van der Waals surface area (Å²) >= 11 is 0. The third-order valence-electron chi connectivity index (χ3n) is 3.75. The molecule has 1 heterocycles. The van der Waals surface area contributed by atoms with E-state index in [1.54, 1.807) is 0 Å². The molecule has 0 radical (unpaired) electrons. The van der Waals surface area contributed by atoms with E-state index < -0.39 is 17.8 Å². The van der Waals surface area contributed by atoms with Crippen molar-refractivity contribution in [2.75, 3.05) is 13.6 Å². The molecule has 1 aromatic carbocycles. The quantitative estimate of drug-likeness (QED) is 0.926. The van der Waals surface area contributed by atoms with E-state index in [0.717, 1.165) is 6.07 Å². The van der Waals surface area contributed by atoms with Gasteiger partial charge in [0.05, 0.1) is 11.7 Å². The number of amides is 1. The number of likely N-dealkylation sites (N-methyl/N-ethyl adjacent to an activating group) is 1. The lowest BCUT2D eigenvalue weighted by Crippen LogP contribution is -2.37. The third kappa shape index (κ3) is 3.78. The fourth-order valence-electron chi connectivity index (χ4n) is 2.57. The normalized spacial score (nSPS) is 21.9. The Bertz CT molecular complexity index is 534. The van der Waals surface area contributed by atoms with Gasteiger partial charge in [-0.25, -0.2) is 0 Å². The lowest BCUT2D eigenvalue weighted by Gasteiger charge is -2.23. The van der Waals surface area contributed by atoms with E-state index in [2.05, 4.69) is 0 Å². The van der Waals surface area contributed by atoms with Crippen LogP contribution < -0.4 is 5.73 Å². The average Bonchev–Trinajstić information content (AvgIpc) is 2.94. The minimum Gasteiger partial charge on any atom is -0.364 e. The number of hydrogen-bond acceptors (Lipinski definition) is 3. The predicted molar refractivity (Wildman–Crippen MR) is 74.9 cm³/mol. The zero-order chi connectivity index (χ0) is 16.3. The van der Waals surface area contributed by atoms with Gasteiger partial charge in [-0.15, -0.1) is 0 Å². The van der Waals surface area contributed by atoms with Crippen molar-refractivity contribution < 1.29 is 22.7 Å². The number of hydrogen-bond donors (Lipinski definition) is 1. The summed E-state index contributed by atoms with van der Waals surface area (Å²) in [6.07, 6.45) is -3.96. The van der Waals surface area contributed by atoms with Crippen LogP contribution in [-0.2, 0) is 22.3 Å². The molecule has 1 aromatic rings. The summed E-state index contributed by atoms with van der Waals surface area (Å²) in [6, 6.07) is 5.26. The van der Waals surface area contributed by atoms with E-state index in [4.69, 9.17) is 10.5 Å². The Morgan fingerprint density at radius 3 is 2.64 bits per heavy atom. The molecule has 0 unspecified atom stereocenters. The summed E-state index contributed by atoms with van der Waals surface area (Å²) < 4.78 is 44.4. The van der Waals surface area contributed by atoms with Gasteiger partial charge in [-0.05, 0) is 24.5 Å². The van der Waals surface area contributed by atoms with Crippen molar-refractivity contribution in [1.82, 2.24) is 4.90 Å². The van der Waals surface area contributed by atoms with Gasteiger partial charge in [-0.2, -0.15) is 13.2 Å². The highest BCUT2D eigenvalue weighted by atomic mass is 19.4. The molecule has 0 aliphatic carbocycles. The molecule has 0 spiro atoms. The van der Waals surface area contributed by atoms with Crippen LogP contribution in [0.25, 0.3) is 0 Å². The second kappa shape index (κ2) is 6.66. The van der Waals surface area contributed by atoms with Crippen LogP contribution in [-0.4, -0.2) is 36.6 Å². The van der Waals surface area contributed by atoms with Crippen molar-refractivity contribution in [2.24, 2.45) is 5.73 Å². The molecule has 2 rings (SSSR count). The van der Waals surface area contributed by atoms with E-state index in [-0.39, 0.29) is 24.1 Å². The summed E-state index contributed by atoms with van der Waals surface area (Å²) in [5, 5.41) is 0. The lowest BCUT2D eigenvalue weighted by atomic mass is 10.1. The molecule has 1 amide bonds. The number of nitrogens with two attached hydrogens (primary N) is 1. The third-order valence-corrected chi connectivity index (χ3v) is 3.75. The van der Waals surface area contributed by atoms with Crippen molar-refractivity contribution in [3.8, 4) is 0 Å². The highest BCUT2D eigenvalue weighted by molar-refractivity contribution is 5.81. The van der Waals surface area contributed by atoms with Crippen LogP contribution in [0.2, 0.25) is 0 Å². The standard InChI is InChI=1S/C15H19F3N2O2/c1-20(14(21)13-7-6-11(8-19)22-13)9-10-4-2-3-5-12(10)15(16,17)18/h2-5,11,13H,6-9,19H2,1H3/t11-,13+/m1/s1. The number of carbonyl (C=O) groups is 1. The molecule has 1 saturated heterocycles. The zero-order valence-electron chi connectivity index (χ0n) is 12.3. The molecule has 1 aliphatic heterocycles. The second-order valence-corrected chi connectivity index (χ2v) is 5.41. The van der Waals surface area contributed by atoms with Crippen LogP contribution in [0.3, 0.4) is 0 Å². The summed E-state index contributed by atoms with van der Waals surface area (Å²) in [7, 11) is 1.48. The number of carbonyl (C=O) groups excluding carboxylic acids is 1. The summed E-state index contributed by atoms with van der Waals surface area (Å²) in [6.45, 7) is 0.228. The monoisotopic (exact) mass is 316 g/mol. The molecule has 0 aromatic heterocycles. The Kier molecular flexibility index (Phi) is 5.08. The number of benzene rings is 1. The molecule has 2 atom stereocenters. The summed E-state index contributed by atoms with van der Waals surface area (Å²) in [5.41, 5.74) is 4.84. The summed E-state index contributed by atoms with van der Waals surface area (Å²) in [4.78, 5) is 13.5. The fraction of sp³-hybridized carbons (Fsp3) is 0.533. The van der Waals surface area contributed by atoms with Gasteiger partial charge in [-0.3, -0.25) is 4.79 Å². The van der Waals surface area contributed by atoms with Gasteiger partial charge in [0.1, 0.15) is 6.10 Å². The van der Waals surface area contributed by atoms with E-state index in [1.807, 2.05) is 0 Å². The first kappa shape index (κ1) is 16.8. The summed E-state index contributed by atoms with van der Waals surface area (Å²) in [5.74, 6) is -0.312. The molecule has 1 aliphatic rings. The maximum atomic E-state index is 13.0. The van der Waals surface area contributed by atoms with Crippen LogP contribution in [0.4, 0.5) is 13.2 Å². The molecule has 4 nitrogen and oxygen atoms in total. The van der Waals surface area contributed by atoms with Crippen LogP contribution >= 0.6 is 0 Å². The number of alkyl halides is 3. The van der Waals surface area contributed by atoms with E-state index >= 15 is 0 Å². The van der Waals surface area contributed by atoms with Crippen LogP contribution in [0.15, 0.2) is 24.3 Å². The van der Waals surface area contributed by atoms with Crippen molar-refractivity contribution in [3.63, 3.8) is 0 Å². The minimum absolute atomic E-state index is 0.0687. The Hall–Kier alpha value is -1.60.